The summed E-state index contributed by atoms with van der Waals surface area (Å²) < 4.78 is 1.45. The second-order valence-corrected chi connectivity index (χ2v) is 2.02. The number of amides is 1. The normalized spacial score (nSPS) is 9.75. The fraction of sp³-hybridized carbons (Fsp3) is 0.200. The molecule has 0 saturated carbocycles. The van der Waals surface area contributed by atoms with Crippen LogP contribution in [0.1, 0.15) is 10.5 Å². The SMILES string of the molecule is CNNNn1cnc(C(N)=O)c1. The molecule has 7 nitrogen and oxygen atoms in total. The van der Waals surface area contributed by atoms with Crippen LogP contribution >= 0.6 is 0 Å². The van der Waals surface area contributed by atoms with E-state index in [2.05, 4.69) is 21.5 Å². The van der Waals surface area contributed by atoms with Crippen molar-refractivity contribution in [1.29, 1.82) is 0 Å². The van der Waals surface area contributed by atoms with E-state index < -0.39 is 5.91 Å². The van der Waals surface area contributed by atoms with Crippen LogP contribution in [0.2, 0.25) is 0 Å². The molecule has 1 aromatic heterocycles. The zero-order valence-corrected chi connectivity index (χ0v) is 6.53. The minimum absolute atomic E-state index is 0.209. The van der Waals surface area contributed by atoms with Crippen LogP contribution in [0.25, 0.3) is 0 Å². The average molecular weight is 170 g/mol. The highest BCUT2D eigenvalue weighted by molar-refractivity contribution is 5.90. The Labute approximate surface area is 68.9 Å². The summed E-state index contributed by atoms with van der Waals surface area (Å²) >= 11 is 0. The number of rotatable bonds is 4. The molecular weight excluding hydrogens is 160 g/mol. The van der Waals surface area contributed by atoms with Gasteiger partial charge in [0.1, 0.15) is 12.0 Å². The molecule has 0 radical (unpaired) electrons. The van der Waals surface area contributed by atoms with Gasteiger partial charge in [-0.1, -0.05) is 0 Å². The first-order valence-corrected chi connectivity index (χ1v) is 3.25. The van der Waals surface area contributed by atoms with Crippen molar-refractivity contribution in [3.8, 4) is 0 Å². The average Bonchev–Trinajstić information content (AvgIpc) is 2.48. The Kier molecular flexibility index (Phi) is 2.62. The molecule has 0 fully saturated rings. The van der Waals surface area contributed by atoms with Crippen LogP contribution in [0, 0.1) is 0 Å². The quantitative estimate of drug-likeness (QED) is 0.398. The van der Waals surface area contributed by atoms with Crippen molar-refractivity contribution in [3.05, 3.63) is 18.2 Å². The van der Waals surface area contributed by atoms with E-state index in [1.807, 2.05) is 0 Å². The molecule has 1 aromatic rings. The number of hydrogen-bond donors (Lipinski definition) is 4. The lowest BCUT2D eigenvalue weighted by molar-refractivity contribution is 0.0996. The van der Waals surface area contributed by atoms with Crippen LogP contribution in [0.5, 0.6) is 0 Å². The Morgan fingerprint density at radius 1 is 1.75 bits per heavy atom. The standard InChI is InChI=1S/C5H10N6O/c1-7-9-10-11-2-4(5(6)12)8-3-11/h2-3,7,9-10H,1H3,(H2,6,12). The van der Waals surface area contributed by atoms with E-state index >= 15 is 0 Å². The smallest absolute Gasteiger partial charge is 0.268 e. The molecule has 0 unspecified atom stereocenters. The Bertz CT molecular complexity index is 269. The minimum atomic E-state index is -0.556. The molecule has 0 atom stereocenters. The van der Waals surface area contributed by atoms with Gasteiger partial charge in [0.05, 0.1) is 6.20 Å². The Hall–Kier alpha value is -1.60. The van der Waals surface area contributed by atoms with E-state index in [0.29, 0.717) is 0 Å². The van der Waals surface area contributed by atoms with Crippen molar-refractivity contribution >= 4 is 5.91 Å². The van der Waals surface area contributed by atoms with Crippen molar-refractivity contribution in [2.75, 3.05) is 12.6 Å². The molecule has 0 aliphatic rings. The highest BCUT2D eigenvalue weighted by Crippen LogP contribution is 1.90. The third-order valence-electron chi connectivity index (χ3n) is 1.15. The molecule has 0 bridgehead atoms. The summed E-state index contributed by atoms with van der Waals surface area (Å²) in [6.45, 7) is 0. The predicted octanol–water partition coefficient (Wildman–Crippen LogP) is -1.84. The number of nitrogens with one attached hydrogen (secondary N) is 3. The molecule has 66 valence electrons. The number of carbonyl (C=O) groups excluding carboxylic acids is 1. The summed E-state index contributed by atoms with van der Waals surface area (Å²) in [5.74, 6) is -0.556. The van der Waals surface area contributed by atoms with Crippen molar-refractivity contribution in [3.63, 3.8) is 0 Å². The van der Waals surface area contributed by atoms with Crippen LogP contribution in [0.15, 0.2) is 12.5 Å². The summed E-state index contributed by atoms with van der Waals surface area (Å²) in [6.07, 6.45) is 2.89. The molecular formula is C5H10N6O. The van der Waals surface area contributed by atoms with E-state index in [4.69, 9.17) is 5.73 Å². The number of imidazole rings is 1. The molecule has 1 rings (SSSR count). The molecule has 1 heterocycles. The third-order valence-corrected chi connectivity index (χ3v) is 1.15. The van der Waals surface area contributed by atoms with Gasteiger partial charge in [0.25, 0.3) is 5.91 Å². The van der Waals surface area contributed by atoms with E-state index in [1.54, 1.807) is 7.05 Å². The van der Waals surface area contributed by atoms with Gasteiger partial charge in [-0.05, 0) is 0 Å². The van der Waals surface area contributed by atoms with E-state index in [-0.39, 0.29) is 5.69 Å². The monoisotopic (exact) mass is 170 g/mol. The zero-order valence-electron chi connectivity index (χ0n) is 6.53. The Morgan fingerprint density at radius 3 is 3.00 bits per heavy atom. The largest absolute Gasteiger partial charge is 0.364 e. The molecule has 0 spiro atoms. The number of carbonyl (C=O) groups is 1. The fourth-order valence-corrected chi connectivity index (χ4v) is 0.632. The van der Waals surface area contributed by atoms with Crippen LogP contribution in [0.4, 0.5) is 0 Å². The first-order chi connectivity index (χ1) is 5.74. The first-order valence-electron chi connectivity index (χ1n) is 3.25. The number of hydrazine groups is 2. The predicted molar refractivity (Wildman–Crippen MR) is 42.3 cm³/mol. The van der Waals surface area contributed by atoms with Gasteiger partial charge >= 0.3 is 0 Å². The maximum Gasteiger partial charge on any atom is 0.268 e. The molecule has 0 aliphatic carbocycles. The summed E-state index contributed by atoms with van der Waals surface area (Å²) in [4.78, 5) is 14.3. The highest BCUT2D eigenvalue weighted by atomic mass is 16.1. The molecule has 12 heavy (non-hydrogen) atoms. The molecule has 0 aliphatic heterocycles. The van der Waals surface area contributed by atoms with Gasteiger partial charge in [-0.25, -0.2) is 20.6 Å². The van der Waals surface area contributed by atoms with E-state index in [0.717, 1.165) is 0 Å². The van der Waals surface area contributed by atoms with Gasteiger partial charge in [0.15, 0.2) is 0 Å². The Morgan fingerprint density at radius 2 is 2.50 bits per heavy atom. The third kappa shape index (κ3) is 1.94. The number of hydrogen-bond acceptors (Lipinski definition) is 5. The van der Waals surface area contributed by atoms with Crippen LogP contribution in [-0.4, -0.2) is 22.6 Å². The van der Waals surface area contributed by atoms with Crippen LogP contribution < -0.4 is 22.2 Å². The van der Waals surface area contributed by atoms with Gasteiger partial charge in [0.2, 0.25) is 0 Å². The lowest BCUT2D eigenvalue weighted by Crippen LogP contribution is -2.38. The number of nitrogens with zero attached hydrogens (tertiary/aromatic N) is 2. The van der Waals surface area contributed by atoms with Crippen LogP contribution in [-0.2, 0) is 0 Å². The van der Waals surface area contributed by atoms with Crippen molar-refractivity contribution < 1.29 is 4.79 Å². The summed E-state index contributed by atoms with van der Waals surface area (Å²) in [5.41, 5.74) is 13.1. The maximum atomic E-state index is 10.6. The number of aromatic nitrogens is 2. The lowest BCUT2D eigenvalue weighted by Gasteiger charge is -2.05. The van der Waals surface area contributed by atoms with Gasteiger partial charge in [-0.3, -0.25) is 4.79 Å². The van der Waals surface area contributed by atoms with Gasteiger partial charge in [-0.2, -0.15) is 5.53 Å². The molecule has 7 heteroatoms. The summed E-state index contributed by atoms with van der Waals surface area (Å²) in [6, 6.07) is 0. The topological polar surface area (TPSA) is 97.0 Å². The van der Waals surface area contributed by atoms with Crippen molar-refractivity contribution in [2.45, 2.75) is 0 Å². The van der Waals surface area contributed by atoms with E-state index in [1.165, 1.54) is 17.2 Å². The Balaban J connectivity index is 2.58. The van der Waals surface area contributed by atoms with Gasteiger partial charge in [0, 0.05) is 7.05 Å². The second-order valence-electron chi connectivity index (χ2n) is 2.02. The number of primary amides is 1. The number of nitrogens with two attached hydrogens (primary N) is 1. The van der Waals surface area contributed by atoms with Crippen molar-refractivity contribution in [1.82, 2.24) is 20.6 Å². The van der Waals surface area contributed by atoms with Crippen molar-refractivity contribution in [2.24, 2.45) is 5.73 Å². The summed E-state index contributed by atoms with van der Waals surface area (Å²) in [7, 11) is 1.69. The molecule has 5 N–H and O–H groups in total. The molecule has 0 aromatic carbocycles. The lowest BCUT2D eigenvalue weighted by atomic mass is 10.5. The summed E-state index contributed by atoms with van der Waals surface area (Å²) in [5, 5.41) is 0. The zero-order chi connectivity index (χ0) is 8.97. The van der Waals surface area contributed by atoms with Gasteiger partial charge in [-0.15, -0.1) is 0 Å². The molecule has 0 saturated heterocycles. The highest BCUT2D eigenvalue weighted by Gasteiger charge is 2.02. The van der Waals surface area contributed by atoms with Gasteiger partial charge < -0.3 is 5.73 Å². The van der Waals surface area contributed by atoms with E-state index in [9.17, 15) is 4.79 Å². The van der Waals surface area contributed by atoms with Crippen LogP contribution in [0.3, 0.4) is 0 Å². The first kappa shape index (κ1) is 8.50. The minimum Gasteiger partial charge on any atom is -0.364 e. The fourth-order valence-electron chi connectivity index (χ4n) is 0.632. The maximum absolute atomic E-state index is 10.6. The molecule has 1 amide bonds. The second kappa shape index (κ2) is 3.69.